The number of carbonyl (C=O) groups excluding carboxylic acids is 2. The van der Waals surface area contributed by atoms with Crippen LogP contribution in [0.5, 0.6) is 11.5 Å². The fourth-order valence-corrected chi connectivity index (χ4v) is 5.56. The number of anilines is 1. The van der Waals surface area contributed by atoms with Crippen molar-refractivity contribution in [3.63, 3.8) is 0 Å². The van der Waals surface area contributed by atoms with E-state index in [-0.39, 0.29) is 29.7 Å². The number of carbonyl (C=O) groups is 2. The third kappa shape index (κ3) is 7.26. The predicted molar refractivity (Wildman–Crippen MR) is 159 cm³/mol. The van der Waals surface area contributed by atoms with Crippen molar-refractivity contribution in [3.05, 3.63) is 53.9 Å². The average molecular weight is 631 g/mol. The number of benzene rings is 1. The number of aromatic nitrogens is 3. The molecule has 3 aromatic rings. The molecule has 2 unspecified atom stereocenters. The molecule has 3 atom stereocenters. The zero-order valence-corrected chi connectivity index (χ0v) is 25.8. The zero-order chi connectivity index (χ0) is 32.5. The van der Waals surface area contributed by atoms with Crippen molar-refractivity contribution in [2.45, 2.75) is 69.9 Å². The van der Waals surface area contributed by atoms with Gasteiger partial charge in [0.1, 0.15) is 17.1 Å². The summed E-state index contributed by atoms with van der Waals surface area (Å²) in [5.74, 6) is 0.605. The summed E-state index contributed by atoms with van der Waals surface area (Å²) >= 11 is 0. The number of amides is 2. The Bertz CT molecular complexity index is 1550. The molecule has 2 N–H and O–H groups in total. The lowest BCUT2D eigenvalue weighted by molar-refractivity contribution is -0.173. The monoisotopic (exact) mass is 630 g/mol. The molecule has 14 heteroatoms. The Hall–Kier alpha value is -4.49. The van der Waals surface area contributed by atoms with Gasteiger partial charge in [0.25, 0.3) is 5.91 Å². The number of nitrogens with zero attached hydrogens (tertiary/aromatic N) is 4. The van der Waals surface area contributed by atoms with Crippen LogP contribution in [0.1, 0.15) is 68.2 Å². The number of rotatable bonds is 6. The highest BCUT2D eigenvalue weighted by molar-refractivity contribution is 5.93. The molecule has 2 aromatic heterocycles. The first-order chi connectivity index (χ1) is 21.3. The highest BCUT2D eigenvalue weighted by atomic mass is 19.4. The molecule has 0 radical (unpaired) electrons. The number of hydrogen-bond acceptors (Lipinski definition) is 8. The normalized spacial score (nSPS) is 20.1. The van der Waals surface area contributed by atoms with Crippen LogP contribution in [0, 0.1) is 0 Å². The largest absolute Gasteiger partial charge is 0.493 e. The fraction of sp³-hybridized carbons (Fsp3) is 0.484. The van der Waals surface area contributed by atoms with Crippen LogP contribution in [0.3, 0.4) is 0 Å². The van der Waals surface area contributed by atoms with Gasteiger partial charge in [0, 0.05) is 43.4 Å². The van der Waals surface area contributed by atoms with Crippen LogP contribution in [0.15, 0.2) is 42.6 Å². The van der Waals surface area contributed by atoms with Gasteiger partial charge in [0.2, 0.25) is 0 Å². The van der Waals surface area contributed by atoms with Crippen molar-refractivity contribution in [1.29, 1.82) is 0 Å². The van der Waals surface area contributed by atoms with Crippen LogP contribution in [0.25, 0.3) is 11.3 Å². The summed E-state index contributed by atoms with van der Waals surface area (Å²) < 4.78 is 59.9. The number of pyridine rings is 1. The van der Waals surface area contributed by atoms with Gasteiger partial charge in [0.05, 0.1) is 26.0 Å². The van der Waals surface area contributed by atoms with Gasteiger partial charge < -0.3 is 29.7 Å². The topological polar surface area (TPSA) is 120 Å². The predicted octanol–water partition coefficient (Wildman–Crippen LogP) is 5.75. The molecule has 2 aliphatic rings. The summed E-state index contributed by atoms with van der Waals surface area (Å²) in [6.07, 6.45) is -2.52. The SMILES string of the molecule is COc1ccc(C2CC(C(F)(F)F)n3nc(-c4ccnc(C(=O)N[C@H]5CCCN(C(=O)OC(C)(C)C)C5)c4)cc3N2)cc1OC. The van der Waals surface area contributed by atoms with Crippen LogP contribution in [0.2, 0.25) is 0 Å². The smallest absolute Gasteiger partial charge is 0.410 e. The van der Waals surface area contributed by atoms with Crippen molar-refractivity contribution in [1.82, 2.24) is 25.0 Å². The first kappa shape index (κ1) is 31.9. The molecule has 1 fully saturated rings. The second-order valence-electron chi connectivity index (χ2n) is 12.1. The van der Waals surface area contributed by atoms with Gasteiger partial charge >= 0.3 is 12.3 Å². The summed E-state index contributed by atoms with van der Waals surface area (Å²) in [5, 5.41) is 10.4. The first-order valence-electron chi connectivity index (χ1n) is 14.7. The maximum Gasteiger partial charge on any atom is 0.410 e. The van der Waals surface area contributed by atoms with Crippen molar-refractivity contribution >= 4 is 17.8 Å². The number of nitrogens with one attached hydrogen (secondary N) is 2. The van der Waals surface area contributed by atoms with Crippen molar-refractivity contribution in [2.24, 2.45) is 0 Å². The number of methoxy groups -OCH3 is 2. The minimum atomic E-state index is -4.56. The second-order valence-corrected chi connectivity index (χ2v) is 12.1. The van der Waals surface area contributed by atoms with E-state index in [2.05, 4.69) is 20.7 Å². The van der Waals surface area contributed by atoms with E-state index in [9.17, 15) is 22.8 Å². The first-order valence-corrected chi connectivity index (χ1v) is 14.7. The molecule has 5 rings (SSSR count). The van der Waals surface area contributed by atoms with Gasteiger partial charge in [-0.3, -0.25) is 9.78 Å². The van der Waals surface area contributed by atoms with Gasteiger partial charge in [-0.2, -0.15) is 18.3 Å². The fourth-order valence-electron chi connectivity index (χ4n) is 5.56. The summed E-state index contributed by atoms with van der Waals surface area (Å²) in [4.78, 5) is 31.4. The van der Waals surface area contributed by atoms with Crippen LogP contribution < -0.4 is 20.1 Å². The number of piperidine rings is 1. The maximum absolute atomic E-state index is 14.3. The number of likely N-dealkylation sites (tertiary alicyclic amines) is 1. The number of fused-ring (bicyclic) bond motifs is 1. The van der Waals surface area contributed by atoms with Gasteiger partial charge in [-0.1, -0.05) is 6.07 Å². The molecule has 0 aliphatic carbocycles. The highest BCUT2D eigenvalue weighted by Gasteiger charge is 2.46. The van der Waals surface area contributed by atoms with E-state index >= 15 is 0 Å². The number of ether oxygens (including phenoxy) is 3. The Kier molecular flexibility index (Phi) is 8.86. The van der Waals surface area contributed by atoms with Crippen molar-refractivity contribution in [2.75, 3.05) is 32.6 Å². The van der Waals surface area contributed by atoms with E-state index < -0.39 is 35.9 Å². The lowest BCUT2D eigenvalue weighted by Crippen LogP contribution is -2.50. The standard InChI is InChI=1S/C31H37F3N6O5/c1-30(2,3)45-29(42)39-12-6-7-20(17-39)36-28(41)23-13-19(10-11-35-23)22-16-27-37-21(15-26(31(32,33)34)40(27)38-22)18-8-9-24(43-4)25(14-18)44-5/h8-11,13-14,16,20-21,26,37H,6-7,12,15,17H2,1-5H3,(H,36,41)/t20-,21?,26?/m0/s1. The van der Waals surface area contributed by atoms with E-state index in [1.165, 1.54) is 32.5 Å². The molecule has 1 saturated heterocycles. The molecule has 1 aromatic carbocycles. The molecule has 2 amide bonds. The lowest BCUT2D eigenvalue weighted by atomic mass is 9.96. The molecule has 242 valence electrons. The molecule has 45 heavy (non-hydrogen) atoms. The summed E-state index contributed by atoms with van der Waals surface area (Å²) in [5.41, 5.74) is 0.735. The molecule has 0 bridgehead atoms. The third-order valence-corrected chi connectivity index (χ3v) is 7.70. The van der Waals surface area contributed by atoms with E-state index in [0.717, 1.165) is 4.68 Å². The number of halogens is 3. The molecule has 4 heterocycles. The van der Waals surface area contributed by atoms with Crippen molar-refractivity contribution < 1.29 is 37.0 Å². The minimum absolute atomic E-state index is 0.0800. The summed E-state index contributed by atoms with van der Waals surface area (Å²) in [7, 11) is 2.95. The Labute approximate surface area is 259 Å². The Balaban J connectivity index is 1.35. The van der Waals surface area contributed by atoms with Gasteiger partial charge in [-0.15, -0.1) is 0 Å². The van der Waals surface area contributed by atoms with Crippen LogP contribution >= 0.6 is 0 Å². The molecule has 2 aliphatic heterocycles. The molecule has 0 saturated carbocycles. The van der Waals surface area contributed by atoms with Crippen LogP contribution in [-0.4, -0.2) is 76.8 Å². The van der Waals surface area contributed by atoms with Crippen molar-refractivity contribution in [3.8, 4) is 22.8 Å². The number of hydrogen-bond donors (Lipinski definition) is 2. The van der Waals surface area contributed by atoms with E-state index in [1.54, 1.807) is 49.9 Å². The van der Waals surface area contributed by atoms with Gasteiger partial charge in [-0.25, -0.2) is 9.48 Å². The molecule has 0 spiro atoms. The second kappa shape index (κ2) is 12.5. The molecule has 11 nitrogen and oxygen atoms in total. The molecular weight excluding hydrogens is 593 g/mol. The highest BCUT2D eigenvalue weighted by Crippen LogP contribution is 2.45. The van der Waals surface area contributed by atoms with E-state index in [1.807, 2.05) is 0 Å². The van der Waals surface area contributed by atoms with E-state index in [4.69, 9.17) is 14.2 Å². The van der Waals surface area contributed by atoms with Gasteiger partial charge in [0.15, 0.2) is 17.5 Å². The minimum Gasteiger partial charge on any atom is -0.493 e. The Morgan fingerprint density at radius 1 is 1.04 bits per heavy atom. The Morgan fingerprint density at radius 3 is 2.49 bits per heavy atom. The summed E-state index contributed by atoms with van der Waals surface area (Å²) in [6.45, 7) is 6.19. The number of alkyl halides is 3. The average Bonchev–Trinajstić information content (AvgIpc) is 3.43. The Morgan fingerprint density at radius 2 is 1.80 bits per heavy atom. The quantitative estimate of drug-likeness (QED) is 0.353. The maximum atomic E-state index is 14.3. The van der Waals surface area contributed by atoms with Crippen LogP contribution in [0.4, 0.5) is 23.8 Å². The zero-order valence-electron chi connectivity index (χ0n) is 25.8. The summed E-state index contributed by atoms with van der Waals surface area (Å²) in [6, 6.07) is 6.75. The third-order valence-electron chi connectivity index (χ3n) is 7.70. The van der Waals surface area contributed by atoms with E-state index in [0.29, 0.717) is 48.6 Å². The van der Waals surface area contributed by atoms with Gasteiger partial charge in [-0.05, 0) is 63.4 Å². The molecular formula is C31H37F3N6O5. The lowest BCUT2D eigenvalue weighted by Gasteiger charge is -2.34. The van der Waals surface area contributed by atoms with Crippen LogP contribution in [-0.2, 0) is 4.74 Å².